The summed E-state index contributed by atoms with van der Waals surface area (Å²) in [5, 5.41) is 8.50. The van der Waals surface area contributed by atoms with E-state index in [1.165, 1.54) is 0 Å². The predicted octanol–water partition coefficient (Wildman–Crippen LogP) is 0.994. The molecule has 0 aliphatic rings. The second-order valence-corrected chi connectivity index (χ2v) is 3.77. The monoisotopic (exact) mass is 189 g/mol. The second-order valence-electron chi connectivity index (χ2n) is 3.77. The van der Waals surface area contributed by atoms with E-state index in [2.05, 4.69) is 6.92 Å². The van der Waals surface area contributed by atoms with Crippen molar-refractivity contribution in [2.75, 3.05) is 6.61 Å². The Balaban J connectivity index is 3.80. The smallest absolute Gasteiger partial charge is 0.322 e. The Morgan fingerprint density at radius 2 is 2.15 bits per heavy atom. The maximum Gasteiger partial charge on any atom is 0.322 e. The molecule has 0 amide bonds. The van der Waals surface area contributed by atoms with E-state index in [-0.39, 0.29) is 12.2 Å². The van der Waals surface area contributed by atoms with E-state index < -0.39 is 12.0 Å². The van der Waals surface area contributed by atoms with Crippen molar-refractivity contribution in [2.24, 2.45) is 5.73 Å². The van der Waals surface area contributed by atoms with Crippen molar-refractivity contribution in [1.29, 1.82) is 0 Å². The highest BCUT2D eigenvalue weighted by Crippen LogP contribution is 2.16. The minimum atomic E-state index is -1.02. The number of carbonyl (C=O) groups is 1. The Labute approximate surface area is 79.1 Å². The Kier molecular flexibility index (Phi) is 4.95. The van der Waals surface area contributed by atoms with Gasteiger partial charge in [0.25, 0.3) is 0 Å². The molecule has 0 radical (unpaired) electrons. The number of carboxylic acids is 1. The molecule has 1 atom stereocenters. The molecule has 0 heterocycles. The van der Waals surface area contributed by atoms with E-state index in [1.807, 2.05) is 13.8 Å². The molecule has 4 heteroatoms. The van der Waals surface area contributed by atoms with Crippen LogP contribution in [0.1, 0.15) is 33.6 Å². The molecule has 4 nitrogen and oxygen atoms in total. The van der Waals surface area contributed by atoms with Gasteiger partial charge in [-0.1, -0.05) is 13.3 Å². The first-order valence-electron chi connectivity index (χ1n) is 4.51. The van der Waals surface area contributed by atoms with Crippen molar-refractivity contribution in [3.63, 3.8) is 0 Å². The quantitative estimate of drug-likeness (QED) is 0.653. The number of hydrogen-bond acceptors (Lipinski definition) is 3. The van der Waals surface area contributed by atoms with Gasteiger partial charge < -0.3 is 15.6 Å². The normalized spacial score (nSPS) is 14.2. The third-order valence-corrected chi connectivity index (χ3v) is 1.82. The lowest BCUT2D eigenvalue weighted by Crippen LogP contribution is -2.38. The van der Waals surface area contributed by atoms with E-state index in [0.29, 0.717) is 0 Å². The molecule has 0 aromatic heterocycles. The van der Waals surface area contributed by atoms with E-state index in [4.69, 9.17) is 15.6 Å². The number of carboxylic acid groups (broad SMARTS) is 1. The number of hydrogen-bond donors (Lipinski definition) is 2. The highest BCUT2D eigenvalue weighted by Gasteiger charge is 2.20. The predicted molar refractivity (Wildman–Crippen MR) is 50.6 cm³/mol. The minimum absolute atomic E-state index is 0.0718. The summed E-state index contributed by atoms with van der Waals surface area (Å²) in [6.07, 6.45) is 1.91. The van der Waals surface area contributed by atoms with Crippen LogP contribution in [-0.2, 0) is 9.53 Å². The van der Waals surface area contributed by atoms with Crippen LogP contribution in [0.4, 0.5) is 0 Å². The topological polar surface area (TPSA) is 72.5 Å². The van der Waals surface area contributed by atoms with Crippen LogP contribution >= 0.6 is 0 Å². The van der Waals surface area contributed by atoms with Crippen molar-refractivity contribution < 1.29 is 14.6 Å². The number of aliphatic carboxylic acids is 1. The van der Waals surface area contributed by atoms with E-state index in [0.717, 1.165) is 12.8 Å². The van der Waals surface area contributed by atoms with Gasteiger partial charge in [0.1, 0.15) is 6.04 Å². The first-order chi connectivity index (χ1) is 5.89. The van der Waals surface area contributed by atoms with Crippen molar-refractivity contribution in [2.45, 2.75) is 45.3 Å². The van der Waals surface area contributed by atoms with Crippen LogP contribution in [-0.4, -0.2) is 29.3 Å². The third-order valence-electron chi connectivity index (χ3n) is 1.82. The highest BCUT2D eigenvalue weighted by molar-refractivity contribution is 5.73. The fraction of sp³-hybridized carbons (Fsp3) is 0.889. The van der Waals surface area contributed by atoms with Gasteiger partial charge in [0.2, 0.25) is 0 Å². The molecule has 0 aromatic carbocycles. The summed E-state index contributed by atoms with van der Waals surface area (Å²) in [5.41, 5.74) is 5.02. The molecule has 0 rings (SSSR count). The van der Waals surface area contributed by atoms with Gasteiger partial charge in [0.05, 0.1) is 12.2 Å². The van der Waals surface area contributed by atoms with E-state index >= 15 is 0 Å². The average molecular weight is 189 g/mol. The van der Waals surface area contributed by atoms with Crippen LogP contribution in [0.2, 0.25) is 0 Å². The fourth-order valence-electron chi connectivity index (χ4n) is 1.06. The third kappa shape index (κ3) is 5.60. The number of rotatable bonds is 6. The number of nitrogens with two attached hydrogens (primary N) is 1. The molecule has 13 heavy (non-hydrogen) atoms. The summed E-state index contributed by atoms with van der Waals surface area (Å²) in [5.74, 6) is -1.02. The zero-order valence-electron chi connectivity index (χ0n) is 8.54. The first kappa shape index (κ1) is 12.4. The summed E-state index contributed by atoms with van der Waals surface area (Å²) in [7, 11) is 0. The molecule has 0 bridgehead atoms. The lowest BCUT2D eigenvalue weighted by molar-refractivity contribution is -0.141. The Morgan fingerprint density at radius 3 is 2.54 bits per heavy atom. The van der Waals surface area contributed by atoms with Crippen molar-refractivity contribution in [3.8, 4) is 0 Å². The second kappa shape index (κ2) is 5.19. The molecule has 1 unspecified atom stereocenters. The number of ether oxygens (including phenoxy) is 1. The van der Waals surface area contributed by atoms with Crippen LogP contribution in [0, 0.1) is 0 Å². The van der Waals surface area contributed by atoms with Gasteiger partial charge in [-0.2, -0.15) is 0 Å². The summed E-state index contributed by atoms with van der Waals surface area (Å²) in [6.45, 7) is 6.00. The zero-order chi connectivity index (χ0) is 10.5. The van der Waals surface area contributed by atoms with Gasteiger partial charge in [-0.25, -0.2) is 0 Å². The molecule has 0 fully saturated rings. The van der Waals surface area contributed by atoms with Crippen LogP contribution in [0.3, 0.4) is 0 Å². The summed E-state index contributed by atoms with van der Waals surface area (Å²) in [6, 6.07) is -0.920. The van der Waals surface area contributed by atoms with Crippen LogP contribution in [0.25, 0.3) is 0 Å². The van der Waals surface area contributed by atoms with Gasteiger partial charge in [-0.05, 0) is 20.3 Å². The molecule has 3 N–H and O–H groups in total. The average Bonchev–Trinajstić information content (AvgIpc) is 2.00. The summed E-state index contributed by atoms with van der Waals surface area (Å²) in [4.78, 5) is 10.4. The van der Waals surface area contributed by atoms with Gasteiger partial charge in [-0.3, -0.25) is 4.79 Å². The van der Waals surface area contributed by atoms with E-state index in [9.17, 15) is 4.79 Å². The largest absolute Gasteiger partial charge is 0.480 e. The SMILES string of the molecule is CCCC(C)(C)OCC(N)C(=O)O. The van der Waals surface area contributed by atoms with Crippen molar-refractivity contribution in [1.82, 2.24) is 0 Å². The van der Waals surface area contributed by atoms with Crippen molar-refractivity contribution in [3.05, 3.63) is 0 Å². The van der Waals surface area contributed by atoms with Gasteiger partial charge in [-0.15, -0.1) is 0 Å². The molecular formula is C9H19NO3. The minimum Gasteiger partial charge on any atom is -0.480 e. The first-order valence-corrected chi connectivity index (χ1v) is 4.51. The molecule has 0 saturated carbocycles. The standard InChI is InChI=1S/C9H19NO3/c1-4-5-9(2,3)13-6-7(10)8(11)12/h7H,4-6,10H2,1-3H3,(H,11,12). The lowest BCUT2D eigenvalue weighted by Gasteiger charge is -2.25. The van der Waals surface area contributed by atoms with Crippen LogP contribution in [0.5, 0.6) is 0 Å². The van der Waals surface area contributed by atoms with E-state index in [1.54, 1.807) is 0 Å². The van der Waals surface area contributed by atoms with Gasteiger partial charge >= 0.3 is 5.97 Å². The Bertz CT molecular complexity index is 168. The highest BCUT2D eigenvalue weighted by atomic mass is 16.5. The molecule has 0 aliphatic carbocycles. The fourth-order valence-corrected chi connectivity index (χ4v) is 1.06. The molecule has 78 valence electrons. The van der Waals surface area contributed by atoms with Gasteiger partial charge in [0.15, 0.2) is 0 Å². The lowest BCUT2D eigenvalue weighted by atomic mass is 10.0. The summed E-state index contributed by atoms with van der Waals surface area (Å²) < 4.78 is 5.39. The maximum atomic E-state index is 10.4. The molecule has 0 spiro atoms. The molecular weight excluding hydrogens is 170 g/mol. The van der Waals surface area contributed by atoms with Gasteiger partial charge in [0, 0.05) is 0 Å². The van der Waals surface area contributed by atoms with Crippen LogP contribution < -0.4 is 5.73 Å². The Hall–Kier alpha value is -0.610. The molecule has 0 saturated heterocycles. The summed E-state index contributed by atoms with van der Waals surface area (Å²) >= 11 is 0. The Morgan fingerprint density at radius 1 is 1.62 bits per heavy atom. The van der Waals surface area contributed by atoms with Crippen molar-refractivity contribution >= 4 is 5.97 Å². The van der Waals surface area contributed by atoms with Crippen LogP contribution in [0.15, 0.2) is 0 Å². The molecule has 0 aliphatic heterocycles. The molecule has 0 aromatic rings. The maximum absolute atomic E-state index is 10.4. The zero-order valence-corrected chi connectivity index (χ0v) is 8.54.